The minimum atomic E-state index is 0. The third-order valence-corrected chi connectivity index (χ3v) is 3.97. The largest absolute Gasteiger partial charge is 0.370 e. The highest BCUT2D eigenvalue weighted by molar-refractivity contribution is 14.0. The first-order chi connectivity index (χ1) is 10.8. The van der Waals surface area contributed by atoms with Crippen LogP contribution in [0.15, 0.2) is 41.7 Å². The van der Waals surface area contributed by atoms with Gasteiger partial charge in [0, 0.05) is 18.8 Å². The molecule has 1 aliphatic rings. The summed E-state index contributed by atoms with van der Waals surface area (Å²) in [6, 6.07) is 10.0. The Labute approximate surface area is 153 Å². The topological polar surface area (TPSA) is 72.3 Å². The highest BCUT2D eigenvalue weighted by atomic mass is 127. The minimum Gasteiger partial charge on any atom is -0.370 e. The van der Waals surface area contributed by atoms with Crippen molar-refractivity contribution in [2.45, 2.75) is 32.2 Å². The summed E-state index contributed by atoms with van der Waals surface area (Å²) >= 11 is 0. The van der Waals surface area contributed by atoms with Crippen LogP contribution in [0.2, 0.25) is 0 Å². The van der Waals surface area contributed by atoms with Gasteiger partial charge in [0.05, 0.1) is 0 Å². The van der Waals surface area contributed by atoms with Gasteiger partial charge < -0.3 is 10.6 Å². The van der Waals surface area contributed by atoms with E-state index in [1.54, 1.807) is 6.33 Å². The fourth-order valence-corrected chi connectivity index (χ4v) is 2.72. The Hall–Kier alpha value is -1.64. The van der Waals surface area contributed by atoms with Crippen molar-refractivity contribution in [1.29, 1.82) is 0 Å². The molecule has 23 heavy (non-hydrogen) atoms. The summed E-state index contributed by atoms with van der Waals surface area (Å²) in [5.41, 5.74) is 7.18. The Balaban J connectivity index is 0.00000192. The number of likely N-dealkylation sites (tertiary alicyclic amines) is 1. The zero-order chi connectivity index (χ0) is 15.2. The number of guanidine groups is 1. The van der Waals surface area contributed by atoms with Crippen LogP contribution in [0.25, 0.3) is 5.69 Å². The molecule has 1 aromatic carbocycles. The predicted octanol–water partition coefficient (Wildman–Crippen LogP) is 2.58. The zero-order valence-electron chi connectivity index (χ0n) is 13.1. The van der Waals surface area contributed by atoms with Crippen LogP contribution in [0, 0.1) is 0 Å². The normalized spacial score (nSPS) is 15.8. The summed E-state index contributed by atoms with van der Waals surface area (Å²) < 4.78 is 1.94. The molecule has 2 heterocycles. The van der Waals surface area contributed by atoms with Gasteiger partial charge in [-0.25, -0.2) is 4.99 Å². The Bertz CT molecular complexity index is 617. The molecule has 0 spiro atoms. The molecule has 7 heteroatoms. The number of para-hydroxylation sites is 1. The second-order valence-corrected chi connectivity index (χ2v) is 5.53. The maximum atomic E-state index is 6.14. The van der Waals surface area contributed by atoms with Crippen molar-refractivity contribution >= 4 is 29.9 Å². The SMILES string of the molecule is I.NC(=NCc1nncn1-c1ccccc1)N1CCCCCC1. The zero-order valence-corrected chi connectivity index (χ0v) is 15.5. The van der Waals surface area contributed by atoms with E-state index in [-0.39, 0.29) is 24.0 Å². The lowest BCUT2D eigenvalue weighted by Crippen LogP contribution is -2.38. The fraction of sp³-hybridized carbons (Fsp3) is 0.438. The lowest BCUT2D eigenvalue weighted by atomic mass is 10.2. The lowest BCUT2D eigenvalue weighted by molar-refractivity contribution is 0.428. The van der Waals surface area contributed by atoms with Crippen LogP contribution in [0.3, 0.4) is 0 Å². The number of benzene rings is 1. The van der Waals surface area contributed by atoms with Crippen molar-refractivity contribution in [3.05, 3.63) is 42.5 Å². The van der Waals surface area contributed by atoms with Gasteiger partial charge in [0.25, 0.3) is 0 Å². The van der Waals surface area contributed by atoms with Crippen LogP contribution >= 0.6 is 24.0 Å². The maximum absolute atomic E-state index is 6.14. The molecule has 0 aliphatic carbocycles. The van der Waals surface area contributed by atoms with Gasteiger partial charge in [0.1, 0.15) is 12.9 Å². The highest BCUT2D eigenvalue weighted by Gasteiger charge is 2.11. The van der Waals surface area contributed by atoms with Crippen LogP contribution in [0.5, 0.6) is 0 Å². The van der Waals surface area contributed by atoms with Crippen molar-refractivity contribution in [3.8, 4) is 5.69 Å². The lowest BCUT2D eigenvalue weighted by Gasteiger charge is -2.21. The monoisotopic (exact) mass is 426 g/mol. The summed E-state index contributed by atoms with van der Waals surface area (Å²) in [7, 11) is 0. The standard InChI is InChI=1S/C16H22N6.HI/c17-16(21-10-6-1-2-7-11-21)18-12-15-20-19-13-22(15)14-8-4-3-5-9-14;/h3-5,8-9,13H,1-2,6-7,10-12H2,(H2,17,18);1H. The average Bonchev–Trinajstić information content (AvgIpc) is 2.86. The molecular formula is C16H23IN6. The van der Waals surface area contributed by atoms with Gasteiger partial charge in [0.2, 0.25) is 0 Å². The first-order valence-electron chi connectivity index (χ1n) is 7.84. The number of nitrogens with two attached hydrogens (primary N) is 1. The van der Waals surface area contributed by atoms with Crippen molar-refractivity contribution in [3.63, 3.8) is 0 Å². The second-order valence-electron chi connectivity index (χ2n) is 5.53. The summed E-state index contributed by atoms with van der Waals surface area (Å²) in [6.45, 7) is 2.44. The summed E-state index contributed by atoms with van der Waals surface area (Å²) in [4.78, 5) is 6.69. The van der Waals surface area contributed by atoms with E-state index in [1.165, 1.54) is 25.7 Å². The average molecular weight is 426 g/mol. The van der Waals surface area contributed by atoms with E-state index < -0.39 is 0 Å². The van der Waals surface area contributed by atoms with E-state index in [1.807, 2.05) is 34.9 Å². The van der Waals surface area contributed by atoms with E-state index in [0.29, 0.717) is 12.5 Å². The number of rotatable bonds is 3. The number of hydrogen-bond acceptors (Lipinski definition) is 3. The van der Waals surface area contributed by atoms with Gasteiger partial charge in [-0.2, -0.15) is 0 Å². The molecule has 0 bridgehead atoms. The van der Waals surface area contributed by atoms with Gasteiger partial charge in [0.15, 0.2) is 11.8 Å². The van der Waals surface area contributed by atoms with E-state index in [0.717, 1.165) is 24.6 Å². The molecule has 1 aliphatic heterocycles. The number of halogens is 1. The molecule has 0 saturated carbocycles. The number of aromatic nitrogens is 3. The number of hydrogen-bond donors (Lipinski definition) is 1. The molecule has 2 aromatic rings. The van der Waals surface area contributed by atoms with Crippen LogP contribution in [0.4, 0.5) is 0 Å². The number of aliphatic imine (C=N–C) groups is 1. The van der Waals surface area contributed by atoms with Gasteiger partial charge >= 0.3 is 0 Å². The van der Waals surface area contributed by atoms with Gasteiger partial charge in [-0.15, -0.1) is 34.2 Å². The Morgan fingerprint density at radius 3 is 2.48 bits per heavy atom. The molecule has 0 radical (unpaired) electrons. The van der Waals surface area contributed by atoms with Crippen LogP contribution in [0.1, 0.15) is 31.5 Å². The van der Waals surface area contributed by atoms with E-state index in [4.69, 9.17) is 5.73 Å². The van der Waals surface area contributed by atoms with Gasteiger partial charge in [-0.3, -0.25) is 4.57 Å². The maximum Gasteiger partial charge on any atom is 0.191 e. The Kier molecular flexibility index (Phi) is 6.82. The molecule has 2 N–H and O–H groups in total. The summed E-state index contributed by atoms with van der Waals surface area (Å²) in [5.74, 6) is 1.41. The van der Waals surface area contributed by atoms with Crippen molar-refractivity contribution in [1.82, 2.24) is 19.7 Å². The molecule has 6 nitrogen and oxygen atoms in total. The molecule has 124 valence electrons. The summed E-state index contributed by atoms with van der Waals surface area (Å²) in [6.07, 6.45) is 6.66. The Morgan fingerprint density at radius 1 is 1.09 bits per heavy atom. The fourth-order valence-electron chi connectivity index (χ4n) is 2.72. The van der Waals surface area contributed by atoms with Crippen LogP contribution < -0.4 is 5.73 Å². The van der Waals surface area contributed by atoms with Crippen molar-refractivity contribution in [2.24, 2.45) is 10.7 Å². The quantitative estimate of drug-likeness (QED) is 0.465. The van der Waals surface area contributed by atoms with Crippen LogP contribution in [-0.4, -0.2) is 38.7 Å². The third-order valence-electron chi connectivity index (χ3n) is 3.97. The molecule has 1 aromatic heterocycles. The van der Waals surface area contributed by atoms with Crippen LogP contribution in [-0.2, 0) is 6.54 Å². The summed E-state index contributed by atoms with van der Waals surface area (Å²) in [5, 5.41) is 8.15. The van der Waals surface area contributed by atoms with Gasteiger partial charge in [-0.1, -0.05) is 31.0 Å². The molecule has 0 amide bonds. The first-order valence-corrected chi connectivity index (χ1v) is 7.84. The molecule has 0 unspecified atom stereocenters. The van der Waals surface area contributed by atoms with E-state index in [2.05, 4.69) is 20.1 Å². The number of nitrogens with zero attached hydrogens (tertiary/aromatic N) is 5. The molecular weight excluding hydrogens is 403 g/mol. The smallest absolute Gasteiger partial charge is 0.191 e. The highest BCUT2D eigenvalue weighted by Crippen LogP contribution is 2.11. The predicted molar refractivity (Wildman–Crippen MR) is 102 cm³/mol. The molecule has 3 rings (SSSR count). The third kappa shape index (κ3) is 4.66. The molecule has 1 fully saturated rings. The second kappa shape index (κ2) is 8.85. The van der Waals surface area contributed by atoms with E-state index >= 15 is 0 Å². The Morgan fingerprint density at radius 2 is 1.78 bits per heavy atom. The van der Waals surface area contributed by atoms with E-state index in [9.17, 15) is 0 Å². The minimum absolute atomic E-state index is 0. The van der Waals surface area contributed by atoms with Crippen molar-refractivity contribution in [2.75, 3.05) is 13.1 Å². The molecule has 1 saturated heterocycles. The molecule has 0 atom stereocenters. The van der Waals surface area contributed by atoms with Gasteiger partial charge in [-0.05, 0) is 25.0 Å². The van der Waals surface area contributed by atoms with Crippen molar-refractivity contribution < 1.29 is 0 Å². The first kappa shape index (κ1) is 17.7.